The lowest BCUT2D eigenvalue weighted by Crippen LogP contribution is -2.05. The van der Waals surface area contributed by atoms with Gasteiger partial charge in [0.25, 0.3) is 0 Å². The maximum absolute atomic E-state index is 12.0. The number of rotatable bonds is 3. The van der Waals surface area contributed by atoms with Gasteiger partial charge in [0, 0.05) is 10.9 Å². The second-order valence-electron chi connectivity index (χ2n) is 7.11. The molecule has 0 radical (unpaired) electrons. The fourth-order valence-corrected chi connectivity index (χ4v) is 4.36. The molecule has 0 spiro atoms. The van der Waals surface area contributed by atoms with Crippen molar-refractivity contribution in [2.45, 2.75) is 12.8 Å². The van der Waals surface area contributed by atoms with Gasteiger partial charge in [0.2, 0.25) is 0 Å². The fraction of sp³-hybridized carbons (Fsp3) is 0.0833. The average Bonchev–Trinajstić information content (AvgIpc) is 3.35. The Morgan fingerprint density at radius 3 is 2.70 bits per heavy atom. The highest BCUT2D eigenvalue weighted by Gasteiger charge is 2.26. The highest BCUT2D eigenvalue weighted by atomic mass is 35.5. The Bertz CT molecular complexity index is 1350. The molecule has 0 aliphatic heterocycles. The Morgan fingerprint density at radius 2 is 1.87 bits per heavy atom. The molecule has 148 valence electrons. The molecule has 5 rings (SSSR count). The van der Waals surface area contributed by atoms with Crippen LogP contribution >= 0.6 is 23.2 Å². The first kappa shape index (κ1) is 18.9. The first-order valence-corrected chi connectivity index (χ1v) is 10.2. The maximum atomic E-state index is 12.0. The van der Waals surface area contributed by atoms with Gasteiger partial charge >= 0.3 is 5.97 Å². The van der Waals surface area contributed by atoms with E-state index < -0.39 is 5.97 Å². The van der Waals surface area contributed by atoms with Crippen molar-refractivity contribution in [2.75, 3.05) is 0 Å². The van der Waals surface area contributed by atoms with Crippen LogP contribution in [0.25, 0.3) is 33.9 Å². The van der Waals surface area contributed by atoms with E-state index in [1.54, 1.807) is 12.1 Å². The van der Waals surface area contributed by atoms with Crippen LogP contribution in [0.15, 0.2) is 59.0 Å². The smallest absolute Gasteiger partial charge is 0.336 e. The number of carboxylic acids is 1. The molecule has 0 atom stereocenters. The van der Waals surface area contributed by atoms with Crippen LogP contribution < -0.4 is 0 Å². The summed E-state index contributed by atoms with van der Waals surface area (Å²) in [6, 6.07) is 16.4. The number of carbonyl (C=O) groups is 1. The van der Waals surface area contributed by atoms with Gasteiger partial charge in [-0.1, -0.05) is 47.5 Å². The molecule has 1 aliphatic rings. The van der Waals surface area contributed by atoms with Crippen molar-refractivity contribution in [3.05, 3.63) is 87.2 Å². The SMILES string of the molecule is O=C(O)c1c2c(nc3ccccc13)/C(=C/c1ccc(-c3cccc(Cl)c3Cl)o1)CC2. The molecule has 2 aromatic carbocycles. The first-order chi connectivity index (χ1) is 14.5. The zero-order chi connectivity index (χ0) is 20.8. The van der Waals surface area contributed by atoms with Crippen LogP contribution in [-0.2, 0) is 6.42 Å². The average molecular weight is 436 g/mol. The molecular formula is C24H15Cl2NO3. The lowest BCUT2D eigenvalue weighted by molar-refractivity contribution is 0.0698. The third-order valence-electron chi connectivity index (χ3n) is 5.32. The summed E-state index contributed by atoms with van der Waals surface area (Å²) < 4.78 is 5.98. The van der Waals surface area contributed by atoms with Gasteiger partial charge in [-0.15, -0.1) is 0 Å². The van der Waals surface area contributed by atoms with E-state index in [2.05, 4.69) is 0 Å². The quantitative estimate of drug-likeness (QED) is 0.376. The predicted molar refractivity (Wildman–Crippen MR) is 119 cm³/mol. The van der Waals surface area contributed by atoms with E-state index in [4.69, 9.17) is 32.6 Å². The molecule has 2 heterocycles. The molecule has 1 N–H and O–H groups in total. The number of benzene rings is 2. The van der Waals surface area contributed by atoms with Crippen molar-refractivity contribution in [1.82, 2.24) is 4.98 Å². The van der Waals surface area contributed by atoms with Gasteiger partial charge in [-0.05, 0) is 60.4 Å². The lowest BCUT2D eigenvalue weighted by Gasteiger charge is -2.08. The van der Waals surface area contributed by atoms with E-state index in [0.29, 0.717) is 50.9 Å². The van der Waals surface area contributed by atoms with Gasteiger partial charge in [-0.2, -0.15) is 0 Å². The second kappa shape index (κ2) is 7.31. The minimum Gasteiger partial charge on any atom is -0.478 e. The van der Waals surface area contributed by atoms with Gasteiger partial charge in [0.05, 0.1) is 26.8 Å². The topological polar surface area (TPSA) is 63.3 Å². The Hall–Kier alpha value is -3.08. The number of nitrogens with zero attached hydrogens (tertiary/aromatic N) is 1. The van der Waals surface area contributed by atoms with Gasteiger partial charge in [-0.25, -0.2) is 9.78 Å². The van der Waals surface area contributed by atoms with Crippen LogP contribution in [0.3, 0.4) is 0 Å². The van der Waals surface area contributed by atoms with Crippen molar-refractivity contribution in [2.24, 2.45) is 0 Å². The molecule has 0 fully saturated rings. The van der Waals surface area contributed by atoms with Gasteiger partial charge < -0.3 is 9.52 Å². The molecule has 0 unspecified atom stereocenters. The van der Waals surface area contributed by atoms with Crippen LogP contribution in [-0.4, -0.2) is 16.1 Å². The Kier molecular flexibility index (Phi) is 4.61. The summed E-state index contributed by atoms with van der Waals surface area (Å²) >= 11 is 12.4. The van der Waals surface area contributed by atoms with Crippen molar-refractivity contribution in [1.29, 1.82) is 0 Å². The summed E-state index contributed by atoms with van der Waals surface area (Å²) in [5.74, 6) is 0.336. The first-order valence-electron chi connectivity index (χ1n) is 9.43. The molecule has 1 aliphatic carbocycles. The number of allylic oxidation sites excluding steroid dienone is 1. The zero-order valence-corrected chi connectivity index (χ0v) is 17.2. The van der Waals surface area contributed by atoms with E-state index >= 15 is 0 Å². The molecule has 0 saturated carbocycles. The summed E-state index contributed by atoms with van der Waals surface area (Å²) in [7, 11) is 0. The summed E-state index contributed by atoms with van der Waals surface area (Å²) in [6.45, 7) is 0. The highest BCUT2D eigenvalue weighted by molar-refractivity contribution is 6.43. The molecule has 0 amide bonds. The third-order valence-corrected chi connectivity index (χ3v) is 6.13. The standard InChI is InChI=1S/C24H15Cl2NO3/c25-18-6-3-5-16(22(18)26)20-11-9-14(30-20)12-13-8-10-17-21(24(28)29)15-4-1-2-7-19(15)27-23(13)17/h1-7,9,11-12H,8,10H2,(H,28,29)/b13-12+. The van der Waals surface area contributed by atoms with Crippen LogP contribution in [0.2, 0.25) is 10.0 Å². The minimum atomic E-state index is -0.929. The van der Waals surface area contributed by atoms with Crippen LogP contribution in [0.5, 0.6) is 0 Å². The number of halogens is 2. The normalized spacial score (nSPS) is 14.4. The number of carboxylic acid groups (broad SMARTS) is 1. The lowest BCUT2D eigenvalue weighted by atomic mass is 10.0. The number of aromatic carboxylic acids is 1. The molecule has 30 heavy (non-hydrogen) atoms. The van der Waals surface area contributed by atoms with Crippen LogP contribution in [0.4, 0.5) is 0 Å². The number of para-hydroxylation sites is 1. The molecule has 2 aromatic heterocycles. The van der Waals surface area contributed by atoms with E-state index in [0.717, 1.165) is 22.4 Å². The summed E-state index contributed by atoms with van der Waals surface area (Å²) in [5, 5.41) is 11.4. The largest absolute Gasteiger partial charge is 0.478 e. The predicted octanol–water partition coefficient (Wildman–Crippen LogP) is 6.99. The number of aromatic nitrogens is 1. The monoisotopic (exact) mass is 435 g/mol. The van der Waals surface area contributed by atoms with E-state index in [1.807, 2.05) is 48.5 Å². The van der Waals surface area contributed by atoms with Gasteiger partial charge in [-0.3, -0.25) is 0 Å². The molecule has 0 bridgehead atoms. The molecule has 0 saturated heterocycles. The van der Waals surface area contributed by atoms with Gasteiger partial charge in [0.15, 0.2) is 0 Å². The Morgan fingerprint density at radius 1 is 1.03 bits per heavy atom. The summed E-state index contributed by atoms with van der Waals surface area (Å²) in [4.78, 5) is 16.7. The van der Waals surface area contributed by atoms with Crippen LogP contribution in [0.1, 0.15) is 33.8 Å². The summed E-state index contributed by atoms with van der Waals surface area (Å²) in [6.07, 6.45) is 3.25. The number of pyridine rings is 1. The fourth-order valence-electron chi connectivity index (χ4n) is 3.96. The van der Waals surface area contributed by atoms with Gasteiger partial charge in [0.1, 0.15) is 11.5 Å². The van der Waals surface area contributed by atoms with Crippen molar-refractivity contribution >= 4 is 51.7 Å². The molecule has 4 nitrogen and oxygen atoms in total. The zero-order valence-electron chi connectivity index (χ0n) is 15.7. The molecule has 6 heteroatoms. The number of furan rings is 1. The minimum absolute atomic E-state index is 0.338. The Balaban J connectivity index is 1.60. The number of fused-ring (bicyclic) bond motifs is 2. The number of hydrogen-bond acceptors (Lipinski definition) is 3. The second-order valence-corrected chi connectivity index (χ2v) is 7.89. The molecular weight excluding hydrogens is 421 g/mol. The van der Waals surface area contributed by atoms with Crippen LogP contribution in [0, 0.1) is 0 Å². The van der Waals surface area contributed by atoms with E-state index in [-0.39, 0.29) is 0 Å². The number of hydrogen-bond donors (Lipinski definition) is 1. The third kappa shape index (κ3) is 3.09. The molecule has 4 aromatic rings. The van der Waals surface area contributed by atoms with Crippen molar-refractivity contribution in [3.63, 3.8) is 0 Å². The Labute approximate surface area is 182 Å². The highest BCUT2D eigenvalue weighted by Crippen LogP contribution is 2.39. The van der Waals surface area contributed by atoms with Crippen molar-refractivity contribution < 1.29 is 14.3 Å². The van der Waals surface area contributed by atoms with Crippen molar-refractivity contribution in [3.8, 4) is 11.3 Å². The summed E-state index contributed by atoms with van der Waals surface area (Å²) in [5.41, 5.74) is 4.19. The maximum Gasteiger partial charge on any atom is 0.336 e. The van der Waals surface area contributed by atoms with E-state index in [9.17, 15) is 9.90 Å². The van der Waals surface area contributed by atoms with E-state index in [1.165, 1.54) is 0 Å².